The van der Waals surface area contributed by atoms with E-state index >= 15 is 0 Å². The Labute approximate surface area is 159 Å². The van der Waals surface area contributed by atoms with Gasteiger partial charge in [-0.3, -0.25) is 5.32 Å². The van der Waals surface area contributed by atoms with Crippen molar-refractivity contribution in [2.45, 2.75) is 13.5 Å². The fourth-order valence-electron chi connectivity index (χ4n) is 2.92. The molecule has 2 amide bonds. The molecule has 0 radical (unpaired) electrons. The summed E-state index contributed by atoms with van der Waals surface area (Å²) in [6.45, 7) is 2.37. The van der Waals surface area contributed by atoms with Crippen LogP contribution in [0.4, 0.5) is 9.93 Å². The van der Waals surface area contributed by atoms with Crippen LogP contribution in [0.2, 0.25) is 5.02 Å². The second kappa shape index (κ2) is 6.94. The highest BCUT2D eigenvalue weighted by Crippen LogP contribution is 2.31. The summed E-state index contributed by atoms with van der Waals surface area (Å²) in [6.07, 6.45) is 0. The summed E-state index contributed by atoms with van der Waals surface area (Å²) in [5.74, 6) is 0. The molecule has 0 bridgehead atoms. The lowest BCUT2D eigenvalue weighted by Crippen LogP contribution is -2.28. The van der Waals surface area contributed by atoms with Gasteiger partial charge in [0.2, 0.25) is 0 Å². The number of aromatic nitrogens is 1. The van der Waals surface area contributed by atoms with Crippen LogP contribution in [0.25, 0.3) is 21.0 Å². The lowest BCUT2D eigenvalue weighted by atomic mass is 10.0. The van der Waals surface area contributed by atoms with Gasteiger partial charge >= 0.3 is 6.03 Å². The molecule has 0 spiro atoms. The van der Waals surface area contributed by atoms with Crippen molar-refractivity contribution in [3.63, 3.8) is 0 Å². The van der Waals surface area contributed by atoms with Crippen LogP contribution in [0.1, 0.15) is 11.1 Å². The molecule has 4 aromatic rings. The minimum absolute atomic E-state index is 0.277. The van der Waals surface area contributed by atoms with Gasteiger partial charge in [0.25, 0.3) is 0 Å². The molecule has 2 N–H and O–H groups in total. The van der Waals surface area contributed by atoms with Crippen LogP contribution in [0, 0.1) is 6.92 Å². The first-order valence-corrected chi connectivity index (χ1v) is 9.38. The fourth-order valence-corrected chi connectivity index (χ4v) is 3.99. The Morgan fingerprint density at radius 2 is 1.92 bits per heavy atom. The van der Waals surface area contributed by atoms with Crippen molar-refractivity contribution in [2.75, 3.05) is 5.32 Å². The number of hydrogen-bond donors (Lipinski definition) is 2. The number of aryl methyl sites for hydroxylation is 1. The molecule has 1 aromatic heterocycles. The van der Waals surface area contributed by atoms with E-state index in [1.165, 1.54) is 11.3 Å². The maximum absolute atomic E-state index is 12.3. The average Bonchev–Trinajstić information content (AvgIpc) is 3.06. The van der Waals surface area contributed by atoms with Crippen LogP contribution in [-0.2, 0) is 6.54 Å². The van der Waals surface area contributed by atoms with Crippen molar-refractivity contribution in [3.8, 4) is 0 Å². The molecule has 0 aliphatic heterocycles. The zero-order chi connectivity index (χ0) is 18.1. The average molecular weight is 382 g/mol. The summed E-state index contributed by atoms with van der Waals surface area (Å²) in [7, 11) is 0. The molecule has 130 valence electrons. The van der Waals surface area contributed by atoms with E-state index in [0.717, 1.165) is 32.1 Å². The first kappa shape index (κ1) is 16.8. The number of fused-ring (bicyclic) bond motifs is 2. The van der Waals surface area contributed by atoms with Crippen molar-refractivity contribution < 1.29 is 4.79 Å². The first-order valence-electron chi connectivity index (χ1n) is 8.19. The number of amides is 2. The largest absolute Gasteiger partial charge is 0.334 e. The maximum atomic E-state index is 12.3. The van der Waals surface area contributed by atoms with Gasteiger partial charge in [0.05, 0.1) is 10.2 Å². The number of nitrogens with zero attached hydrogens (tertiary/aromatic N) is 1. The van der Waals surface area contributed by atoms with E-state index in [1.54, 1.807) is 0 Å². The summed E-state index contributed by atoms with van der Waals surface area (Å²) >= 11 is 7.56. The summed E-state index contributed by atoms with van der Waals surface area (Å²) < 4.78 is 0.997. The number of urea groups is 1. The van der Waals surface area contributed by atoms with Gasteiger partial charge in [-0.2, -0.15) is 0 Å². The van der Waals surface area contributed by atoms with Crippen molar-refractivity contribution in [1.82, 2.24) is 10.3 Å². The standard InChI is InChI=1S/C20H16ClN3OS/c1-12-16(21)9-10-17-18(12)23-20(26-17)24-19(25)22-11-14-7-4-6-13-5-2-3-8-15(13)14/h2-10H,11H2,1H3,(H2,22,23,24,25). The first-order chi connectivity index (χ1) is 12.6. The van der Waals surface area contributed by atoms with E-state index in [1.807, 2.05) is 43.3 Å². The number of benzene rings is 3. The lowest BCUT2D eigenvalue weighted by molar-refractivity contribution is 0.252. The van der Waals surface area contributed by atoms with Gasteiger partial charge < -0.3 is 5.32 Å². The molecular weight excluding hydrogens is 366 g/mol. The molecule has 0 aliphatic rings. The second-order valence-corrected chi connectivity index (χ2v) is 7.42. The van der Waals surface area contributed by atoms with Gasteiger partial charge in [0.15, 0.2) is 5.13 Å². The molecule has 3 aromatic carbocycles. The Bertz CT molecular complexity index is 1120. The van der Waals surface area contributed by atoms with Crippen LogP contribution >= 0.6 is 22.9 Å². The number of halogens is 1. The monoisotopic (exact) mass is 381 g/mol. The number of carbonyl (C=O) groups is 1. The normalized spacial score (nSPS) is 11.0. The van der Waals surface area contributed by atoms with Crippen LogP contribution in [0.15, 0.2) is 54.6 Å². The van der Waals surface area contributed by atoms with E-state index in [4.69, 9.17) is 11.6 Å². The molecule has 6 heteroatoms. The van der Waals surface area contributed by atoms with Crippen LogP contribution in [-0.4, -0.2) is 11.0 Å². The minimum atomic E-state index is -0.277. The van der Waals surface area contributed by atoms with Crippen molar-refractivity contribution in [3.05, 3.63) is 70.7 Å². The zero-order valence-corrected chi connectivity index (χ0v) is 15.6. The van der Waals surface area contributed by atoms with E-state index in [-0.39, 0.29) is 6.03 Å². The third-order valence-corrected chi connectivity index (χ3v) is 5.63. The van der Waals surface area contributed by atoms with Crippen molar-refractivity contribution in [2.24, 2.45) is 0 Å². The highest BCUT2D eigenvalue weighted by molar-refractivity contribution is 7.22. The molecule has 0 fully saturated rings. The van der Waals surface area contributed by atoms with E-state index in [9.17, 15) is 4.79 Å². The van der Waals surface area contributed by atoms with Crippen LogP contribution < -0.4 is 10.6 Å². The molecule has 0 aliphatic carbocycles. The molecule has 0 saturated carbocycles. The molecule has 4 rings (SSSR count). The highest BCUT2D eigenvalue weighted by atomic mass is 35.5. The Morgan fingerprint density at radius 1 is 1.12 bits per heavy atom. The Morgan fingerprint density at radius 3 is 2.81 bits per heavy atom. The third-order valence-electron chi connectivity index (χ3n) is 4.29. The van der Waals surface area contributed by atoms with Gasteiger partial charge in [-0.05, 0) is 41.0 Å². The fraction of sp³-hybridized carbons (Fsp3) is 0.100. The van der Waals surface area contributed by atoms with Gasteiger partial charge in [-0.1, -0.05) is 65.4 Å². The van der Waals surface area contributed by atoms with E-state index in [2.05, 4.69) is 33.8 Å². The number of carbonyl (C=O) groups excluding carboxylic acids is 1. The van der Waals surface area contributed by atoms with Gasteiger partial charge in [-0.15, -0.1) is 0 Å². The Kier molecular flexibility index (Phi) is 4.49. The predicted molar refractivity (Wildman–Crippen MR) is 109 cm³/mol. The maximum Gasteiger partial charge on any atom is 0.321 e. The number of anilines is 1. The summed E-state index contributed by atoms with van der Waals surface area (Å²) in [6, 6.07) is 17.7. The van der Waals surface area contributed by atoms with E-state index in [0.29, 0.717) is 16.7 Å². The summed E-state index contributed by atoms with van der Waals surface area (Å²) in [5.41, 5.74) is 2.82. The number of hydrogen-bond acceptors (Lipinski definition) is 3. The SMILES string of the molecule is Cc1c(Cl)ccc2sc(NC(=O)NCc3cccc4ccccc34)nc12. The summed E-state index contributed by atoms with van der Waals surface area (Å²) in [5, 5.41) is 9.24. The zero-order valence-electron chi connectivity index (χ0n) is 14.0. The number of thiazole rings is 1. The van der Waals surface area contributed by atoms with Crippen LogP contribution in [0.5, 0.6) is 0 Å². The predicted octanol–water partition coefficient (Wildman–Crippen LogP) is 5.73. The molecule has 26 heavy (non-hydrogen) atoms. The number of rotatable bonds is 3. The summed E-state index contributed by atoms with van der Waals surface area (Å²) in [4.78, 5) is 16.7. The lowest BCUT2D eigenvalue weighted by Gasteiger charge is -2.08. The van der Waals surface area contributed by atoms with Crippen LogP contribution in [0.3, 0.4) is 0 Å². The minimum Gasteiger partial charge on any atom is -0.334 e. The van der Waals surface area contributed by atoms with Gasteiger partial charge in [0, 0.05) is 11.6 Å². The van der Waals surface area contributed by atoms with Crippen molar-refractivity contribution in [1.29, 1.82) is 0 Å². The quantitative estimate of drug-likeness (QED) is 0.476. The molecule has 0 atom stereocenters. The number of nitrogens with one attached hydrogen (secondary N) is 2. The Hall–Kier alpha value is -2.63. The molecular formula is C20H16ClN3OS. The third kappa shape index (κ3) is 3.23. The highest BCUT2D eigenvalue weighted by Gasteiger charge is 2.11. The van der Waals surface area contributed by atoms with Gasteiger partial charge in [-0.25, -0.2) is 9.78 Å². The molecule has 4 nitrogen and oxygen atoms in total. The molecule has 1 heterocycles. The second-order valence-electron chi connectivity index (χ2n) is 5.98. The van der Waals surface area contributed by atoms with Crippen molar-refractivity contribution >= 4 is 55.1 Å². The molecule has 0 saturated heterocycles. The van der Waals surface area contributed by atoms with Gasteiger partial charge in [0.1, 0.15) is 0 Å². The topological polar surface area (TPSA) is 54.0 Å². The van der Waals surface area contributed by atoms with E-state index < -0.39 is 0 Å². The smallest absolute Gasteiger partial charge is 0.321 e. The Balaban J connectivity index is 1.48. The molecule has 0 unspecified atom stereocenters.